The normalized spacial score (nSPS) is 22.9. The SMILES string of the molecule is CNC(CC1CCCO1)c1cc2c(cc1Cl)OCCCO2. The number of hydrogen-bond donors (Lipinski definition) is 1. The monoisotopic (exact) mass is 311 g/mol. The summed E-state index contributed by atoms with van der Waals surface area (Å²) in [5.41, 5.74) is 1.05. The van der Waals surface area contributed by atoms with Crippen LogP contribution in [-0.2, 0) is 4.74 Å². The van der Waals surface area contributed by atoms with Gasteiger partial charge in [-0.25, -0.2) is 0 Å². The van der Waals surface area contributed by atoms with Gasteiger partial charge in [0, 0.05) is 30.2 Å². The second kappa shape index (κ2) is 6.86. The van der Waals surface area contributed by atoms with Crippen molar-refractivity contribution < 1.29 is 14.2 Å². The standard InChI is InChI=1S/C16H22ClNO3/c1-18-14(8-11-4-2-5-19-11)12-9-15-16(10-13(12)17)21-7-3-6-20-15/h9-11,14,18H,2-8H2,1H3. The number of fused-ring (bicyclic) bond motifs is 1. The van der Waals surface area contributed by atoms with Crippen LogP contribution in [0.4, 0.5) is 0 Å². The fourth-order valence-electron chi connectivity index (χ4n) is 2.96. The minimum atomic E-state index is 0.165. The molecule has 1 fully saturated rings. The molecule has 4 nitrogen and oxygen atoms in total. The van der Waals surface area contributed by atoms with Gasteiger partial charge in [-0.3, -0.25) is 0 Å². The second-order valence-electron chi connectivity index (χ2n) is 5.58. The van der Waals surface area contributed by atoms with Crippen molar-refractivity contribution >= 4 is 11.6 Å². The molecule has 0 spiro atoms. The summed E-state index contributed by atoms with van der Waals surface area (Å²) in [6, 6.07) is 4.05. The van der Waals surface area contributed by atoms with Crippen LogP contribution in [0, 0.1) is 0 Å². The van der Waals surface area contributed by atoms with Crippen LogP contribution in [0.25, 0.3) is 0 Å². The van der Waals surface area contributed by atoms with E-state index in [1.165, 1.54) is 0 Å². The van der Waals surface area contributed by atoms with Crippen LogP contribution >= 0.6 is 11.6 Å². The second-order valence-corrected chi connectivity index (χ2v) is 5.99. The van der Waals surface area contributed by atoms with Gasteiger partial charge in [-0.1, -0.05) is 11.6 Å². The smallest absolute Gasteiger partial charge is 0.162 e. The molecule has 0 radical (unpaired) electrons. The van der Waals surface area contributed by atoms with Crippen molar-refractivity contribution in [2.75, 3.05) is 26.9 Å². The summed E-state index contributed by atoms with van der Waals surface area (Å²) in [4.78, 5) is 0. The fourth-order valence-corrected chi connectivity index (χ4v) is 3.25. The Morgan fingerprint density at radius 3 is 2.62 bits per heavy atom. The number of hydrogen-bond acceptors (Lipinski definition) is 4. The van der Waals surface area contributed by atoms with Crippen LogP contribution < -0.4 is 14.8 Å². The van der Waals surface area contributed by atoms with Gasteiger partial charge in [0.1, 0.15) is 0 Å². The summed E-state index contributed by atoms with van der Waals surface area (Å²) in [7, 11) is 1.96. The predicted molar refractivity (Wildman–Crippen MR) is 82.5 cm³/mol. The van der Waals surface area contributed by atoms with Gasteiger partial charge in [-0.2, -0.15) is 0 Å². The van der Waals surface area contributed by atoms with Crippen LogP contribution in [0.5, 0.6) is 11.5 Å². The van der Waals surface area contributed by atoms with Gasteiger partial charge in [-0.05, 0) is 37.9 Å². The predicted octanol–water partition coefficient (Wildman–Crippen LogP) is 3.33. The first kappa shape index (κ1) is 14.9. The fraction of sp³-hybridized carbons (Fsp3) is 0.625. The number of nitrogens with one attached hydrogen (secondary N) is 1. The maximum Gasteiger partial charge on any atom is 0.162 e. The van der Waals surface area contributed by atoms with Gasteiger partial charge in [0.2, 0.25) is 0 Å². The van der Waals surface area contributed by atoms with E-state index in [-0.39, 0.29) is 6.04 Å². The molecule has 0 amide bonds. The van der Waals surface area contributed by atoms with Crippen molar-refractivity contribution in [2.45, 2.75) is 37.8 Å². The molecule has 2 aliphatic rings. The van der Waals surface area contributed by atoms with Gasteiger partial charge in [0.05, 0.1) is 19.3 Å². The molecule has 2 aliphatic heterocycles. The van der Waals surface area contributed by atoms with Gasteiger partial charge < -0.3 is 19.5 Å². The number of halogens is 1. The van der Waals surface area contributed by atoms with Crippen molar-refractivity contribution in [1.29, 1.82) is 0 Å². The Morgan fingerprint density at radius 1 is 1.19 bits per heavy atom. The molecule has 2 atom stereocenters. The molecule has 21 heavy (non-hydrogen) atoms. The van der Waals surface area contributed by atoms with Crippen LogP contribution in [-0.4, -0.2) is 33.0 Å². The van der Waals surface area contributed by atoms with Gasteiger partial charge in [-0.15, -0.1) is 0 Å². The lowest BCUT2D eigenvalue weighted by atomic mass is 9.99. The third kappa shape index (κ3) is 3.44. The minimum absolute atomic E-state index is 0.165. The summed E-state index contributed by atoms with van der Waals surface area (Å²) in [6.45, 7) is 2.23. The highest BCUT2D eigenvalue weighted by Gasteiger charge is 2.24. The Kier molecular flexibility index (Phi) is 4.88. The Bertz CT molecular complexity index is 489. The molecule has 5 heteroatoms. The van der Waals surface area contributed by atoms with Crippen LogP contribution in [0.2, 0.25) is 5.02 Å². The molecule has 0 aliphatic carbocycles. The first-order chi connectivity index (χ1) is 10.3. The molecule has 1 aromatic rings. The van der Waals surface area contributed by atoms with E-state index < -0.39 is 0 Å². The average Bonchev–Trinajstić information content (AvgIpc) is 2.89. The number of benzene rings is 1. The largest absolute Gasteiger partial charge is 0.490 e. The highest BCUT2D eigenvalue weighted by molar-refractivity contribution is 6.31. The highest BCUT2D eigenvalue weighted by Crippen LogP contribution is 2.39. The highest BCUT2D eigenvalue weighted by atomic mass is 35.5. The number of rotatable bonds is 4. The zero-order valence-corrected chi connectivity index (χ0v) is 13.1. The van der Waals surface area contributed by atoms with Crippen molar-refractivity contribution in [3.63, 3.8) is 0 Å². The summed E-state index contributed by atoms with van der Waals surface area (Å²) in [5, 5.41) is 4.07. The van der Waals surface area contributed by atoms with Gasteiger partial charge in [0.25, 0.3) is 0 Å². The van der Waals surface area contributed by atoms with Crippen LogP contribution in [0.1, 0.15) is 37.3 Å². The van der Waals surface area contributed by atoms with E-state index in [4.69, 9.17) is 25.8 Å². The van der Waals surface area contributed by atoms with Crippen molar-refractivity contribution in [3.8, 4) is 11.5 Å². The van der Waals surface area contributed by atoms with Crippen LogP contribution in [0.15, 0.2) is 12.1 Å². The molecule has 2 unspecified atom stereocenters. The molecule has 116 valence electrons. The molecule has 1 N–H and O–H groups in total. The molecule has 1 aromatic carbocycles. The summed E-state index contributed by atoms with van der Waals surface area (Å²) in [6.07, 6.45) is 4.41. The van der Waals surface area contributed by atoms with Crippen molar-refractivity contribution in [1.82, 2.24) is 5.32 Å². The van der Waals surface area contributed by atoms with Gasteiger partial charge in [0.15, 0.2) is 11.5 Å². The van der Waals surface area contributed by atoms with E-state index in [9.17, 15) is 0 Å². The van der Waals surface area contributed by atoms with E-state index in [2.05, 4.69) is 5.32 Å². The first-order valence-corrected chi connectivity index (χ1v) is 8.03. The van der Waals surface area contributed by atoms with Gasteiger partial charge >= 0.3 is 0 Å². The zero-order chi connectivity index (χ0) is 14.7. The molecule has 3 rings (SSSR count). The quantitative estimate of drug-likeness (QED) is 0.926. The Morgan fingerprint density at radius 2 is 1.95 bits per heavy atom. The van der Waals surface area contributed by atoms with Crippen molar-refractivity contribution in [3.05, 3.63) is 22.7 Å². The van der Waals surface area contributed by atoms with E-state index >= 15 is 0 Å². The van der Waals surface area contributed by atoms with E-state index in [0.29, 0.717) is 19.3 Å². The minimum Gasteiger partial charge on any atom is -0.490 e. The number of ether oxygens (including phenoxy) is 3. The molecule has 0 bridgehead atoms. The Balaban J connectivity index is 1.83. The maximum atomic E-state index is 6.46. The maximum absolute atomic E-state index is 6.46. The van der Waals surface area contributed by atoms with E-state index in [1.54, 1.807) is 0 Å². The molecule has 0 saturated carbocycles. The first-order valence-electron chi connectivity index (χ1n) is 7.66. The third-order valence-corrected chi connectivity index (χ3v) is 4.44. The lowest BCUT2D eigenvalue weighted by molar-refractivity contribution is 0.0954. The summed E-state index contributed by atoms with van der Waals surface area (Å²) in [5.74, 6) is 1.53. The third-order valence-electron chi connectivity index (χ3n) is 4.11. The van der Waals surface area contributed by atoms with E-state index in [0.717, 1.165) is 54.4 Å². The average molecular weight is 312 g/mol. The molecular weight excluding hydrogens is 290 g/mol. The lowest BCUT2D eigenvalue weighted by Gasteiger charge is -2.22. The molecular formula is C16H22ClNO3. The Hall–Kier alpha value is -0.970. The molecule has 2 heterocycles. The zero-order valence-electron chi connectivity index (χ0n) is 12.4. The van der Waals surface area contributed by atoms with Crippen LogP contribution in [0.3, 0.4) is 0 Å². The Labute approximate surface area is 130 Å². The topological polar surface area (TPSA) is 39.7 Å². The van der Waals surface area contributed by atoms with Crippen molar-refractivity contribution in [2.24, 2.45) is 0 Å². The summed E-state index contributed by atoms with van der Waals surface area (Å²) >= 11 is 6.46. The molecule has 0 aromatic heterocycles. The lowest BCUT2D eigenvalue weighted by Crippen LogP contribution is -2.22. The molecule has 1 saturated heterocycles. The summed E-state index contributed by atoms with van der Waals surface area (Å²) < 4.78 is 17.2. The van der Waals surface area contributed by atoms with E-state index in [1.807, 2.05) is 19.2 Å².